The molecule has 0 bridgehead atoms. The second-order valence-electron chi connectivity index (χ2n) is 4.47. The van der Waals surface area contributed by atoms with Gasteiger partial charge in [-0.05, 0) is 24.3 Å². The molecule has 0 aliphatic carbocycles. The third kappa shape index (κ3) is 3.74. The smallest absolute Gasteiger partial charge is 0.255 e. The standard InChI is InChI=1S/C15H14BrClN2O2/c1-19(15(20)12-5-6-18-8-13(12)17)9-10-7-11(16)3-4-14(10)21-2/h3-8H,9H2,1-2H3. The number of hydrogen-bond donors (Lipinski definition) is 0. The molecule has 1 aromatic heterocycles. The Morgan fingerprint density at radius 3 is 2.86 bits per heavy atom. The molecule has 2 rings (SSSR count). The molecule has 0 aliphatic rings. The van der Waals surface area contributed by atoms with E-state index in [0.29, 0.717) is 17.1 Å². The number of benzene rings is 1. The Morgan fingerprint density at radius 2 is 2.19 bits per heavy atom. The maximum Gasteiger partial charge on any atom is 0.255 e. The lowest BCUT2D eigenvalue weighted by Crippen LogP contribution is -2.26. The lowest BCUT2D eigenvalue weighted by molar-refractivity contribution is 0.0784. The van der Waals surface area contributed by atoms with Gasteiger partial charge in [-0.1, -0.05) is 27.5 Å². The zero-order valence-corrected chi connectivity index (χ0v) is 14.0. The van der Waals surface area contributed by atoms with Crippen LogP contribution < -0.4 is 4.74 Å². The van der Waals surface area contributed by atoms with Crippen LogP contribution in [0.4, 0.5) is 0 Å². The van der Waals surface area contributed by atoms with Crippen LogP contribution in [-0.4, -0.2) is 29.9 Å². The van der Waals surface area contributed by atoms with Crippen molar-refractivity contribution >= 4 is 33.4 Å². The minimum Gasteiger partial charge on any atom is -0.496 e. The zero-order chi connectivity index (χ0) is 15.4. The maximum absolute atomic E-state index is 12.4. The second kappa shape index (κ2) is 6.91. The summed E-state index contributed by atoms with van der Waals surface area (Å²) in [6, 6.07) is 7.29. The van der Waals surface area contributed by atoms with Gasteiger partial charge in [-0.2, -0.15) is 0 Å². The van der Waals surface area contributed by atoms with Gasteiger partial charge >= 0.3 is 0 Å². The molecule has 0 unspecified atom stereocenters. The summed E-state index contributed by atoms with van der Waals surface area (Å²) in [6.45, 7) is 0.417. The monoisotopic (exact) mass is 368 g/mol. The Hall–Kier alpha value is -1.59. The second-order valence-corrected chi connectivity index (χ2v) is 5.80. The van der Waals surface area contributed by atoms with Crippen LogP contribution in [0.1, 0.15) is 15.9 Å². The summed E-state index contributed by atoms with van der Waals surface area (Å²) in [5.74, 6) is 0.572. The van der Waals surface area contributed by atoms with Crippen molar-refractivity contribution < 1.29 is 9.53 Å². The van der Waals surface area contributed by atoms with E-state index in [1.807, 2.05) is 18.2 Å². The number of nitrogens with zero attached hydrogens (tertiary/aromatic N) is 2. The van der Waals surface area contributed by atoms with Crippen molar-refractivity contribution in [3.05, 3.63) is 57.3 Å². The molecule has 1 heterocycles. The summed E-state index contributed by atoms with van der Waals surface area (Å²) < 4.78 is 6.25. The van der Waals surface area contributed by atoms with Crippen molar-refractivity contribution in [3.63, 3.8) is 0 Å². The van der Waals surface area contributed by atoms with E-state index in [-0.39, 0.29) is 5.91 Å². The number of rotatable bonds is 4. The van der Waals surface area contributed by atoms with E-state index >= 15 is 0 Å². The van der Waals surface area contributed by atoms with Crippen molar-refractivity contribution in [1.29, 1.82) is 0 Å². The molecule has 0 spiro atoms. The lowest BCUT2D eigenvalue weighted by Gasteiger charge is -2.19. The van der Waals surface area contributed by atoms with Crippen LogP contribution in [0.25, 0.3) is 0 Å². The summed E-state index contributed by atoms with van der Waals surface area (Å²) in [5.41, 5.74) is 1.34. The molecule has 6 heteroatoms. The molecular weight excluding hydrogens is 356 g/mol. The Morgan fingerprint density at radius 1 is 1.43 bits per heavy atom. The number of halogens is 2. The van der Waals surface area contributed by atoms with Crippen LogP contribution in [0, 0.1) is 0 Å². The molecule has 1 amide bonds. The third-order valence-corrected chi connectivity index (χ3v) is 3.79. The Bertz CT molecular complexity index is 664. The van der Waals surface area contributed by atoms with Crippen LogP contribution in [0.3, 0.4) is 0 Å². The Labute approximate surface area is 136 Å². The number of pyridine rings is 1. The highest BCUT2D eigenvalue weighted by Crippen LogP contribution is 2.25. The first kappa shape index (κ1) is 15.8. The molecule has 2 aromatic rings. The van der Waals surface area contributed by atoms with Crippen molar-refractivity contribution in [2.45, 2.75) is 6.54 Å². The fourth-order valence-electron chi connectivity index (χ4n) is 1.95. The molecule has 0 aliphatic heterocycles. The van der Waals surface area contributed by atoms with E-state index in [2.05, 4.69) is 20.9 Å². The topological polar surface area (TPSA) is 42.4 Å². The van der Waals surface area contributed by atoms with Gasteiger partial charge < -0.3 is 9.64 Å². The predicted octanol–water partition coefficient (Wildman–Crippen LogP) is 3.78. The van der Waals surface area contributed by atoms with Crippen molar-refractivity contribution in [3.8, 4) is 5.75 Å². The highest BCUT2D eigenvalue weighted by Gasteiger charge is 2.16. The van der Waals surface area contributed by atoms with Gasteiger partial charge in [0.25, 0.3) is 5.91 Å². The minimum absolute atomic E-state index is 0.163. The van der Waals surface area contributed by atoms with Gasteiger partial charge in [0.2, 0.25) is 0 Å². The number of hydrogen-bond acceptors (Lipinski definition) is 3. The fourth-order valence-corrected chi connectivity index (χ4v) is 2.56. The van der Waals surface area contributed by atoms with Crippen molar-refractivity contribution in [1.82, 2.24) is 9.88 Å². The first-order chi connectivity index (χ1) is 10.0. The number of amides is 1. The zero-order valence-electron chi connectivity index (χ0n) is 11.6. The molecule has 21 heavy (non-hydrogen) atoms. The van der Waals surface area contributed by atoms with Crippen LogP contribution in [-0.2, 0) is 6.54 Å². The molecule has 0 saturated carbocycles. The van der Waals surface area contributed by atoms with E-state index in [9.17, 15) is 4.79 Å². The SMILES string of the molecule is COc1ccc(Br)cc1CN(C)C(=O)c1ccncc1Cl. The van der Waals surface area contributed by atoms with Crippen LogP contribution in [0.2, 0.25) is 5.02 Å². The largest absolute Gasteiger partial charge is 0.496 e. The fraction of sp³-hybridized carbons (Fsp3) is 0.200. The van der Waals surface area contributed by atoms with E-state index in [1.54, 1.807) is 31.3 Å². The molecule has 1 aromatic carbocycles. The minimum atomic E-state index is -0.163. The van der Waals surface area contributed by atoms with E-state index in [4.69, 9.17) is 16.3 Å². The first-order valence-corrected chi connectivity index (χ1v) is 7.37. The van der Waals surface area contributed by atoms with Crippen molar-refractivity contribution in [2.75, 3.05) is 14.2 Å². The number of aromatic nitrogens is 1. The molecule has 110 valence electrons. The van der Waals surface area contributed by atoms with E-state index < -0.39 is 0 Å². The molecule has 0 fully saturated rings. The Kier molecular flexibility index (Phi) is 5.20. The third-order valence-electron chi connectivity index (χ3n) is 3.00. The average Bonchev–Trinajstić information content (AvgIpc) is 2.47. The van der Waals surface area contributed by atoms with Gasteiger partial charge in [0.1, 0.15) is 5.75 Å². The van der Waals surface area contributed by atoms with Gasteiger partial charge in [0.05, 0.1) is 17.7 Å². The highest BCUT2D eigenvalue weighted by molar-refractivity contribution is 9.10. The first-order valence-electron chi connectivity index (χ1n) is 6.20. The molecule has 0 saturated heterocycles. The van der Waals surface area contributed by atoms with Crippen LogP contribution >= 0.6 is 27.5 Å². The number of ether oxygens (including phenoxy) is 1. The van der Waals surface area contributed by atoms with Gasteiger partial charge in [-0.3, -0.25) is 9.78 Å². The molecule has 0 radical (unpaired) electrons. The van der Waals surface area contributed by atoms with Crippen molar-refractivity contribution in [2.24, 2.45) is 0 Å². The van der Waals surface area contributed by atoms with E-state index in [1.165, 1.54) is 6.20 Å². The Balaban J connectivity index is 2.22. The maximum atomic E-state index is 12.4. The molecule has 0 atom stereocenters. The summed E-state index contributed by atoms with van der Waals surface area (Å²) >= 11 is 9.43. The predicted molar refractivity (Wildman–Crippen MR) is 85.7 cm³/mol. The molecule has 0 N–H and O–H groups in total. The summed E-state index contributed by atoms with van der Waals surface area (Å²) in [6.07, 6.45) is 3.01. The number of carbonyl (C=O) groups excluding carboxylic acids is 1. The number of carbonyl (C=O) groups is 1. The summed E-state index contributed by atoms with van der Waals surface area (Å²) in [4.78, 5) is 17.9. The van der Waals surface area contributed by atoms with Gasteiger partial charge in [0.15, 0.2) is 0 Å². The van der Waals surface area contributed by atoms with Gasteiger partial charge in [-0.25, -0.2) is 0 Å². The van der Waals surface area contributed by atoms with Crippen LogP contribution in [0.5, 0.6) is 5.75 Å². The number of methoxy groups -OCH3 is 1. The summed E-state index contributed by atoms with van der Waals surface area (Å²) in [5, 5.41) is 0.343. The van der Waals surface area contributed by atoms with Gasteiger partial charge in [0, 0.05) is 36.0 Å². The molecular formula is C15H14BrClN2O2. The quantitative estimate of drug-likeness (QED) is 0.824. The lowest BCUT2D eigenvalue weighted by atomic mass is 10.1. The average molecular weight is 370 g/mol. The molecule has 4 nitrogen and oxygen atoms in total. The normalized spacial score (nSPS) is 10.3. The van der Waals surface area contributed by atoms with E-state index in [0.717, 1.165) is 15.8 Å². The highest BCUT2D eigenvalue weighted by atomic mass is 79.9. The van der Waals surface area contributed by atoms with Gasteiger partial charge in [-0.15, -0.1) is 0 Å². The summed E-state index contributed by atoms with van der Waals surface area (Å²) in [7, 11) is 3.33. The van der Waals surface area contributed by atoms with Crippen LogP contribution in [0.15, 0.2) is 41.1 Å².